The molecule has 1 aliphatic rings. The van der Waals surface area contributed by atoms with Crippen LogP contribution in [0.4, 0.5) is 0 Å². The number of halogens is 1. The molecule has 0 aliphatic heterocycles. The highest BCUT2D eigenvalue weighted by Gasteiger charge is 2.23. The first-order valence-electron chi connectivity index (χ1n) is 7.76. The summed E-state index contributed by atoms with van der Waals surface area (Å²) >= 11 is 3.69. The van der Waals surface area contributed by atoms with Gasteiger partial charge < -0.3 is 0 Å². The van der Waals surface area contributed by atoms with E-state index < -0.39 is 0 Å². The van der Waals surface area contributed by atoms with Crippen molar-refractivity contribution in [3.63, 3.8) is 0 Å². The minimum atomic E-state index is 0.401. The van der Waals surface area contributed by atoms with Crippen molar-refractivity contribution in [1.29, 1.82) is 0 Å². The lowest BCUT2D eigenvalue weighted by Crippen LogP contribution is -1.96. The van der Waals surface area contributed by atoms with Gasteiger partial charge in [0.15, 0.2) is 0 Å². The maximum Gasteiger partial charge on any atom is 0.0281 e. The molecule has 0 heterocycles. The first kappa shape index (κ1) is 14.6. The zero-order chi connectivity index (χ0) is 14.8. The largest absolute Gasteiger partial charge is 0.0690 e. The molecule has 2 aromatic carbocycles. The van der Waals surface area contributed by atoms with Crippen LogP contribution in [0.2, 0.25) is 0 Å². The lowest BCUT2D eigenvalue weighted by Gasteiger charge is -2.13. The van der Waals surface area contributed by atoms with Crippen LogP contribution in [0.5, 0.6) is 0 Å². The Labute approximate surface area is 136 Å². The van der Waals surface area contributed by atoms with E-state index in [9.17, 15) is 0 Å². The number of hydrogen-bond acceptors (Lipinski definition) is 0. The molecule has 0 N–H and O–H groups in total. The molecule has 2 aromatic rings. The predicted octanol–water partition coefficient (Wildman–Crippen LogP) is 6.34. The summed E-state index contributed by atoms with van der Waals surface area (Å²) in [6.07, 6.45) is 6.11. The van der Waals surface area contributed by atoms with Crippen LogP contribution in [0, 0.1) is 0 Å². The van der Waals surface area contributed by atoms with E-state index in [2.05, 4.69) is 78.3 Å². The first-order valence-corrected chi connectivity index (χ1v) is 8.56. The van der Waals surface area contributed by atoms with Crippen LogP contribution in [-0.2, 0) is 6.42 Å². The standard InChI is InChI=1S/C20H21Br/c1-3-4-6-15-9-11-16(12-10-15)18-13-14(2)20-17(18)7-5-8-19(20)21/h5,7-13,18H,3-4,6H2,1-2H3. The Morgan fingerprint density at radius 1 is 1.05 bits per heavy atom. The molecule has 1 heteroatoms. The minimum absolute atomic E-state index is 0.401. The van der Waals surface area contributed by atoms with Crippen LogP contribution in [0.25, 0.3) is 5.57 Å². The number of benzene rings is 2. The zero-order valence-electron chi connectivity index (χ0n) is 12.7. The van der Waals surface area contributed by atoms with E-state index in [4.69, 9.17) is 0 Å². The van der Waals surface area contributed by atoms with Gasteiger partial charge in [-0.2, -0.15) is 0 Å². The fourth-order valence-electron chi connectivity index (χ4n) is 3.19. The molecule has 108 valence electrons. The second kappa shape index (κ2) is 6.19. The summed E-state index contributed by atoms with van der Waals surface area (Å²) in [5, 5.41) is 0. The maximum atomic E-state index is 3.69. The quantitative estimate of drug-likeness (QED) is 0.609. The first-order chi connectivity index (χ1) is 10.2. The number of fused-ring (bicyclic) bond motifs is 1. The van der Waals surface area contributed by atoms with Crippen LogP contribution < -0.4 is 0 Å². The van der Waals surface area contributed by atoms with E-state index in [0.29, 0.717) is 5.92 Å². The van der Waals surface area contributed by atoms with E-state index in [1.807, 2.05) is 0 Å². The lowest BCUT2D eigenvalue weighted by molar-refractivity contribution is 0.794. The second-order valence-electron chi connectivity index (χ2n) is 5.88. The fraction of sp³-hybridized carbons (Fsp3) is 0.300. The van der Waals surface area contributed by atoms with Crippen LogP contribution in [-0.4, -0.2) is 0 Å². The molecule has 0 radical (unpaired) electrons. The summed E-state index contributed by atoms with van der Waals surface area (Å²) in [5.74, 6) is 0.401. The van der Waals surface area contributed by atoms with Crippen LogP contribution >= 0.6 is 15.9 Å². The molecular weight excluding hydrogens is 320 g/mol. The maximum absolute atomic E-state index is 3.69. The number of hydrogen-bond donors (Lipinski definition) is 0. The minimum Gasteiger partial charge on any atom is -0.0690 e. The van der Waals surface area contributed by atoms with E-state index in [1.165, 1.54) is 51.6 Å². The van der Waals surface area contributed by atoms with Crippen LogP contribution in [0.3, 0.4) is 0 Å². The Morgan fingerprint density at radius 3 is 2.52 bits per heavy atom. The predicted molar refractivity (Wildman–Crippen MR) is 94.7 cm³/mol. The van der Waals surface area contributed by atoms with Crippen LogP contribution in [0.15, 0.2) is 53.0 Å². The smallest absolute Gasteiger partial charge is 0.0281 e. The van der Waals surface area contributed by atoms with Gasteiger partial charge in [-0.3, -0.25) is 0 Å². The molecule has 0 aromatic heterocycles. The molecule has 1 atom stereocenters. The van der Waals surface area contributed by atoms with Gasteiger partial charge in [0.2, 0.25) is 0 Å². The van der Waals surface area contributed by atoms with Gasteiger partial charge >= 0.3 is 0 Å². The van der Waals surface area contributed by atoms with Crippen molar-refractivity contribution in [2.75, 3.05) is 0 Å². The van der Waals surface area contributed by atoms with Gasteiger partial charge in [0.1, 0.15) is 0 Å². The van der Waals surface area contributed by atoms with Crippen molar-refractivity contribution < 1.29 is 0 Å². The molecule has 0 bridgehead atoms. The van der Waals surface area contributed by atoms with Crippen LogP contribution in [0.1, 0.15) is 54.9 Å². The normalized spacial score (nSPS) is 16.7. The topological polar surface area (TPSA) is 0 Å². The molecule has 0 fully saturated rings. The molecule has 0 spiro atoms. The van der Waals surface area contributed by atoms with Crippen molar-refractivity contribution in [1.82, 2.24) is 0 Å². The highest BCUT2D eigenvalue weighted by atomic mass is 79.9. The summed E-state index contributed by atoms with van der Waals surface area (Å²) in [6, 6.07) is 15.7. The molecule has 3 rings (SSSR count). The van der Waals surface area contributed by atoms with Gasteiger partial charge in [0.25, 0.3) is 0 Å². The average Bonchev–Trinajstić information content (AvgIpc) is 2.84. The molecule has 0 amide bonds. The summed E-state index contributed by atoms with van der Waals surface area (Å²) in [7, 11) is 0. The number of allylic oxidation sites excluding steroid dienone is 2. The van der Waals surface area contributed by atoms with Crippen molar-refractivity contribution >= 4 is 21.5 Å². The lowest BCUT2D eigenvalue weighted by atomic mass is 9.92. The Kier molecular flexibility index (Phi) is 4.30. The van der Waals surface area contributed by atoms with Gasteiger partial charge in [-0.15, -0.1) is 0 Å². The molecule has 1 aliphatic carbocycles. The van der Waals surface area contributed by atoms with Crippen molar-refractivity contribution in [2.24, 2.45) is 0 Å². The highest BCUT2D eigenvalue weighted by Crippen LogP contribution is 2.42. The van der Waals surface area contributed by atoms with Gasteiger partial charge in [0, 0.05) is 10.4 Å². The molecule has 0 nitrogen and oxygen atoms in total. The number of aryl methyl sites for hydroxylation is 1. The van der Waals surface area contributed by atoms with Crippen molar-refractivity contribution in [2.45, 2.75) is 39.0 Å². The van der Waals surface area contributed by atoms with Gasteiger partial charge in [-0.25, -0.2) is 0 Å². The molecule has 0 saturated heterocycles. The third-order valence-electron chi connectivity index (χ3n) is 4.35. The van der Waals surface area contributed by atoms with E-state index in [-0.39, 0.29) is 0 Å². The third-order valence-corrected chi connectivity index (χ3v) is 5.01. The molecule has 21 heavy (non-hydrogen) atoms. The van der Waals surface area contributed by atoms with Crippen molar-refractivity contribution in [3.05, 3.63) is 75.3 Å². The summed E-state index contributed by atoms with van der Waals surface area (Å²) in [5.41, 5.74) is 7.01. The van der Waals surface area contributed by atoms with E-state index in [0.717, 1.165) is 0 Å². The SMILES string of the molecule is CCCCc1ccc(C2C=C(C)c3c(Br)cccc32)cc1. The van der Waals surface area contributed by atoms with Gasteiger partial charge in [-0.05, 0) is 53.7 Å². The van der Waals surface area contributed by atoms with Gasteiger partial charge in [0.05, 0.1) is 0 Å². The molecule has 1 unspecified atom stereocenters. The molecular formula is C20H21Br. The molecule has 0 saturated carbocycles. The highest BCUT2D eigenvalue weighted by molar-refractivity contribution is 9.10. The summed E-state index contributed by atoms with van der Waals surface area (Å²) in [4.78, 5) is 0. The Morgan fingerprint density at radius 2 is 1.81 bits per heavy atom. The Hall–Kier alpha value is -1.34. The number of rotatable bonds is 4. The van der Waals surface area contributed by atoms with E-state index in [1.54, 1.807) is 0 Å². The summed E-state index contributed by atoms with van der Waals surface area (Å²) in [6.45, 7) is 4.45. The zero-order valence-corrected chi connectivity index (χ0v) is 14.3. The van der Waals surface area contributed by atoms with E-state index >= 15 is 0 Å². The monoisotopic (exact) mass is 340 g/mol. The van der Waals surface area contributed by atoms with Gasteiger partial charge in [-0.1, -0.05) is 71.7 Å². The summed E-state index contributed by atoms with van der Waals surface area (Å²) < 4.78 is 1.20. The number of unbranched alkanes of at least 4 members (excludes halogenated alkanes) is 1. The van der Waals surface area contributed by atoms with Crippen molar-refractivity contribution in [3.8, 4) is 0 Å². The second-order valence-corrected chi connectivity index (χ2v) is 6.73. The Bertz CT molecular complexity index is 665. The Balaban J connectivity index is 1.91. The fourth-order valence-corrected chi connectivity index (χ4v) is 3.88. The third kappa shape index (κ3) is 2.85. The average molecular weight is 341 g/mol.